The Morgan fingerprint density at radius 3 is 1.93 bits per heavy atom. The number of aliphatic hydroxyl groups excluding tert-OH is 1. The summed E-state index contributed by atoms with van der Waals surface area (Å²) in [5.41, 5.74) is 1.95. The number of hydrogen-bond acceptors (Lipinski definition) is 2. The van der Waals surface area contributed by atoms with Gasteiger partial charge in [0.15, 0.2) is 0 Å². The molecular weight excluding hydrogens is 423 g/mol. The van der Waals surface area contributed by atoms with E-state index in [-0.39, 0.29) is 12.2 Å². The van der Waals surface area contributed by atoms with Gasteiger partial charge in [0.2, 0.25) is 0 Å². The fourth-order valence-electron chi connectivity index (χ4n) is 4.02. The van der Waals surface area contributed by atoms with Gasteiger partial charge in [0.05, 0.1) is 0 Å². The predicted octanol–water partition coefficient (Wildman–Crippen LogP) is 5.24. The Balaban J connectivity index is 1.57. The first-order chi connectivity index (χ1) is 14.3. The summed E-state index contributed by atoms with van der Waals surface area (Å²) in [7, 11) is 0. The molecule has 1 N–H and O–H groups in total. The van der Waals surface area contributed by atoms with E-state index in [1.165, 1.54) is 23.7 Å². The summed E-state index contributed by atoms with van der Waals surface area (Å²) in [6.07, 6.45) is 3.92. The van der Waals surface area contributed by atoms with Crippen molar-refractivity contribution in [1.82, 2.24) is 0 Å². The Morgan fingerprint density at radius 2 is 1.28 bits per heavy atom. The second-order valence-corrected chi connectivity index (χ2v) is 10.4. The predicted molar refractivity (Wildman–Crippen MR) is 120 cm³/mol. The van der Waals surface area contributed by atoms with Crippen molar-refractivity contribution in [1.29, 1.82) is 0 Å². The molecule has 4 atom stereocenters. The van der Waals surface area contributed by atoms with Gasteiger partial charge in [0, 0.05) is 0 Å². The van der Waals surface area contributed by atoms with Crippen LogP contribution in [0, 0.1) is 0 Å². The van der Waals surface area contributed by atoms with Gasteiger partial charge in [-0.2, -0.15) is 0 Å². The first kappa shape index (κ1) is 20.4. The molecule has 0 heterocycles. The third-order valence-corrected chi connectivity index (χ3v) is 8.46. The number of aliphatic hydroxyl groups is 1. The van der Waals surface area contributed by atoms with E-state index in [0.29, 0.717) is 19.8 Å². The Labute approximate surface area is 180 Å². The average Bonchev–Trinajstić information content (AvgIpc) is 2.80. The fourth-order valence-corrected chi connectivity index (χ4v) is 6.75. The van der Waals surface area contributed by atoms with Crippen LogP contribution in [0.5, 0.6) is 0 Å². The molecule has 0 saturated heterocycles. The summed E-state index contributed by atoms with van der Waals surface area (Å²) in [5.74, 6) is 0. The van der Waals surface area contributed by atoms with Crippen LogP contribution in [0.25, 0.3) is 0 Å². The minimum atomic E-state index is -0.676. The van der Waals surface area contributed by atoms with Gasteiger partial charge in [-0.15, -0.1) is 0 Å². The van der Waals surface area contributed by atoms with Crippen LogP contribution in [-0.4, -0.2) is 26.2 Å². The van der Waals surface area contributed by atoms with Gasteiger partial charge < -0.3 is 0 Å². The van der Waals surface area contributed by atoms with E-state index in [1.807, 2.05) is 48.5 Å². The molecule has 0 amide bonds. The molecule has 2 nitrogen and oxygen atoms in total. The number of benzene rings is 3. The van der Waals surface area contributed by atoms with Gasteiger partial charge in [0.1, 0.15) is 0 Å². The van der Waals surface area contributed by atoms with E-state index in [1.54, 1.807) is 0 Å². The molecule has 0 bridgehead atoms. The van der Waals surface area contributed by atoms with Gasteiger partial charge in [-0.3, -0.25) is 0 Å². The summed E-state index contributed by atoms with van der Waals surface area (Å²) in [4.78, 5) is 0.549. The molecule has 0 spiro atoms. The average molecular weight is 451 g/mol. The van der Waals surface area contributed by atoms with Gasteiger partial charge in [-0.05, 0) is 0 Å². The van der Waals surface area contributed by atoms with Crippen molar-refractivity contribution < 1.29 is 9.84 Å². The van der Waals surface area contributed by atoms with Crippen molar-refractivity contribution >= 4 is 19.4 Å². The van der Waals surface area contributed by atoms with Gasteiger partial charge in [0.25, 0.3) is 0 Å². The van der Waals surface area contributed by atoms with Crippen molar-refractivity contribution in [2.24, 2.45) is 0 Å². The molecule has 3 heteroatoms. The zero-order valence-electron chi connectivity index (χ0n) is 16.6. The van der Waals surface area contributed by atoms with E-state index >= 15 is 0 Å². The molecule has 0 aliphatic heterocycles. The second-order valence-electron chi connectivity index (χ2n) is 7.62. The quantitative estimate of drug-likeness (QED) is 0.498. The van der Waals surface area contributed by atoms with Crippen molar-refractivity contribution in [2.45, 2.75) is 48.8 Å². The van der Waals surface area contributed by atoms with Crippen molar-refractivity contribution in [3.8, 4) is 0 Å². The molecule has 3 aromatic carbocycles. The Bertz CT molecular complexity index is 854. The van der Waals surface area contributed by atoms with Crippen LogP contribution >= 0.6 is 0 Å². The molecule has 0 radical (unpaired) electrons. The van der Waals surface area contributed by atoms with Gasteiger partial charge in [-0.1, -0.05) is 0 Å². The molecule has 1 aliphatic carbocycles. The first-order valence-corrected chi connectivity index (χ1v) is 12.3. The number of ether oxygens (including phenoxy) is 1. The normalized spacial score (nSPS) is 21.4. The van der Waals surface area contributed by atoms with E-state index in [0.717, 1.165) is 17.5 Å². The summed E-state index contributed by atoms with van der Waals surface area (Å²) in [6, 6.07) is 30.9. The zero-order valence-corrected chi connectivity index (χ0v) is 18.3. The Kier molecular flexibility index (Phi) is 7.18. The van der Waals surface area contributed by atoms with E-state index in [4.69, 9.17) is 4.74 Å². The summed E-state index contributed by atoms with van der Waals surface area (Å²) >= 11 is 0.380. The maximum atomic E-state index is 11.2. The Hall–Kier alpha value is -1.90. The summed E-state index contributed by atoms with van der Waals surface area (Å²) in [6.45, 7) is 0. The van der Waals surface area contributed by atoms with Crippen LogP contribution < -0.4 is 4.46 Å². The molecule has 0 aromatic heterocycles. The van der Waals surface area contributed by atoms with Crippen molar-refractivity contribution in [3.63, 3.8) is 0 Å². The zero-order chi connectivity index (χ0) is 19.9. The third kappa shape index (κ3) is 5.38. The topological polar surface area (TPSA) is 29.5 Å². The molecule has 3 aromatic rings. The van der Waals surface area contributed by atoms with Crippen molar-refractivity contribution in [2.75, 3.05) is 0 Å². The third-order valence-electron chi connectivity index (χ3n) is 5.55. The molecular formula is C26H28O2Se. The van der Waals surface area contributed by atoms with Crippen LogP contribution in [0.15, 0.2) is 91.0 Å². The standard InChI is InChI=1S/C26H28O2Se/c27-25(20-12-4-1-5-13-20)26(21-14-6-2-7-15-21)28-23-18-10-11-19-24(23)29-22-16-8-3-9-17-22/h1-9,12-17,23-27H,10-11,18-19H2/t23-,24-,25+,26+/m0/s1. The van der Waals surface area contributed by atoms with E-state index in [2.05, 4.69) is 42.5 Å². The van der Waals surface area contributed by atoms with Crippen LogP contribution in [-0.2, 0) is 4.74 Å². The van der Waals surface area contributed by atoms with Crippen LogP contribution in [0.2, 0.25) is 4.82 Å². The second kappa shape index (κ2) is 10.2. The molecule has 1 saturated carbocycles. The van der Waals surface area contributed by atoms with E-state index in [9.17, 15) is 5.11 Å². The van der Waals surface area contributed by atoms with Crippen LogP contribution in [0.4, 0.5) is 0 Å². The molecule has 1 fully saturated rings. The maximum absolute atomic E-state index is 11.2. The molecule has 4 rings (SSSR count). The fraction of sp³-hybridized carbons (Fsp3) is 0.308. The summed E-state index contributed by atoms with van der Waals surface area (Å²) < 4.78 is 8.18. The van der Waals surface area contributed by atoms with Gasteiger partial charge >= 0.3 is 180 Å². The minimum absolute atomic E-state index is 0.188. The Morgan fingerprint density at radius 1 is 0.724 bits per heavy atom. The van der Waals surface area contributed by atoms with Gasteiger partial charge in [-0.25, -0.2) is 0 Å². The number of rotatable bonds is 7. The van der Waals surface area contributed by atoms with Crippen molar-refractivity contribution in [3.05, 3.63) is 102 Å². The van der Waals surface area contributed by atoms with Crippen LogP contribution in [0.1, 0.15) is 49.0 Å². The molecule has 150 valence electrons. The summed E-state index contributed by atoms with van der Waals surface area (Å²) in [5, 5.41) is 11.2. The van der Waals surface area contributed by atoms with E-state index < -0.39 is 6.10 Å². The monoisotopic (exact) mass is 452 g/mol. The molecule has 1 aliphatic rings. The number of hydrogen-bond donors (Lipinski definition) is 1. The molecule has 29 heavy (non-hydrogen) atoms. The molecule has 0 unspecified atom stereocenters. The first-order valence-electron chi connectivity index (χ1n) is 10.5. The SMILES string of the molecule is O[C@H](c1ccccc1)[C@H](O[C@H]1CCCC[C@@H]1[Se]c1ccccc1)c1ccccc1. The van der Waals surface area contributed by atoms with Crippen LogP contribution in [0.3, 0.4) is 0 Å².